The van der Waals surface area contributed by atoms with Crippen LogP contribution >= 0.6 is 0 Å². The topological polar surface area (TPSA) is 352 Å². The molecule has 356 valence electrons. The number of carbonyl (C=O) groups excluding carboxylic acids is 9. The predicted molar refractivity (Wildman–Crippen MR) is 231 cm³/mol. The molecule has 1 aromatic rings. The predicted octanol–water partition coefficient (Wildman–Crippen LogP) is -0.222. The molecule has 0 aliphatic heterocycles. The van der Waals surface area contributed by atoms with Gasteiger partial charge in [0.05, 0.1) is 12.5 Å². The minimum Gasteiger partial charge on any atom is -0.481 e. The highest BCUT2D eigenvalue weighted by Crippen LogP contribution is 2.21. The molecule has 21 nitrogen and oxygen atoms in total. The van der Waals surface area contributed by atoms with Crippen LogP contribution in [0.25, 0.3) is 0 Å². The minimum absolute atomic E-state index is 0.0957. The number of hydrogen-bond acceptors (Lipinski definition) is 11. The Morgan fingerprint density at radius 3 is 1.62 bits per heavy atom. The smallest absolute Gasteiger partial charge is 0.303 e. The number of nitrogens with two attached hydrogens (primary N) is 2. The maximum absolute atomic E-state index is 14.4. The largest absolute Gasteiger partial charge is 0.481 e. The molecule has 0 saturated heterocycles. The van der Waals surface area contributed by atoms with Crippen molar-refractivity contribution in [3.05, 3.63) is 35.4 Å². The molecule has 0 heterocycles. The number of primary amides is 2. The highest BCUT2D eigenvalue weighted by atomic mass is 16.4. The number of aryl methyl sites for hydroxylation is 1. The molecule has 1 unspecified atom stereocenters. The van der Waals surface area contributed by atoms with Gasteiger partial charge in [0.1, 0.15) is 30.2 Å². The Morgan fingerprint density at radius 1 is 0.609 bits per heavy atom. The highest BCUT2D eigenvalue weighted by Gasteiger charge is 2.38. The zero-order valence-corrected chi connectivity index (χ0v) is 37.7. The maximum Gasteiger partial charge on any atom is 0.303 e. The Morgan fingerprint density at radius 2 is 1.11 bits per heavy atom. The van der Waals surface area contributed by atoms with Crippen molar-refractivity contribution in [1.82, 2.24) is 31.9 Å². The number of amides is 8. The van der Waals surface area contributed by atoms with Crippen LogP contribution in [0.15, 0.2) is 24.3 Å². The van der Waals surface area contributed by atoms with Gasteiger partial charge in [-0.2, -0.15) is 0 Å². The summed E-state index contributed by atoms with van der Waals surface area (Å²) in [4.78, 5) is 141. The molecule has 12 N–H and O–H groups in total. The van der Waals surface area contributed by atoms with Crippen molar-refractivity contribution in [2.45, 2.75) is 155 Å². The Bertz CT molecular complexity index is 1860. The molecule has 1 aromatic carbocycles. The van der Waals surface area contributed by atoms with Crippen LogP contribution in [-0.2, 0) is 59.2 Å². The van der Waals surface area contributed by atoms with Crippen molar-refractivity contribution in [3.63, 3.8) is 0 Å². The summed E-state index contributed by atoms with van der Waals surface area (Å²) < 4.78 is 0. The molecule has 0 aromatic heterocycles. The fourth-order valence-corrected chi connectivity index (χ4v) is 6.39. The van der Waals surface area contributed by atoms with E-state index in [4.69, 9.17) is 16.6 Å². The van der Waals surface area contributed by atoms with E-state index >= 15 is 0 Å². The summed E-state index contributed by atoms with van der Waals surface area (Å²) in [7, 11) is 0. The van der Waals surface area contributed by atoms with E-state index in [-0.39, 0.29) is 31.6 Å². The van der Waals surface area contributed by atoms with Gasteiger partial charge in [0.25, 0.3) is 5.91 Å². The zero-order valence-electron chi connectivity index (χ0n) is 37.7. The number of carbonyl (C=O) groups is 11. The molecule has 6 atom stereocenters. The zero-order chi connectivity index (χ0) is 48.9. The van der Waals surface area contributed by atoms with Gasteiger partial charge in [0.2, 0.25) is 47.1 Å². The Balaban J connectivity index is 3.60. The van der Waals surface area contributed by atoms with Crippen LogP contribution in [-0.4, -0.2) is 111 Å². The molecule has 0 fully saturated rings. The van der Waals surface area contributed by atoms with Gasteiger partial charge < -0.3 is 53.6 Å². The van der Waals surface area contributed by atoms with Crippen molar-refractivity contribution < 1.29 is 63.0 Å². The normalized spacial score (nSPS) is 14.0. The summed E-state index contributed by atoms with van der Waals surface area (Å²) in [6, 6.07) is -1.52. The quantitative estimate of drug-likeness (QED) is 0.0466. The molecule has 64 heavy (non-hydrogen) atoms. The van der Waals surface area contributed by atoms with E-state index in [1.165, 1.54) is 0 Å². The maximum atomic E-state index is 14.4. The van der Waals surface area contributed by atoms with Gasteiger partial charge in [-0.15, -0.1) is 0 Å². The van der Waals surface area contributed by atoms with Gasteiger partial charge in [-0.05, 0) is 55.1 Å². The Kier molecular flexibility index (Phi) is 23.4. The molecule has 0 bridgehead atoms. The molecular formula is C43H66N8O13. The lowest BCUT2D eigenvalue weighted by Gasteiger charge is -2.34. The first-order valence-corrected chi connectivity index (χ1v) is 21.2. The minimum atomic E-state index is -1.64. The number of carboxylic acids is 2. The van der Waals surface area contributed by atoms with Crippen LogP contribution in [0.5, 0.6) is 0 Å². The van der Waals surface area contributed by atoms with Crippen molar-refractivity contribution in [2.24, 2.45) is 22.8 Å². The van der Waals surface area contributed by atoms with E-state index in [2.05, 4.69) is 31.9 Å². The first-order chi connectivity index (χ1) is 29.8. The Hall–Kier alpha value is -6.41. The van der Waals surface area contributed by atoms with Crippen LogP contribution in [0.2, 0.25) is 0 Å². The molecule has 0 spiro atoms. The number of aliphatic carboxylic acids is 2. The molecule has 0 saturated carbocycles. The number of ketones is 1. The monoisotopic (exact) mass is 902 g/mol. The standard InChI is InChI=1S/C43H66N8O13/c1-8-9-14-26(35(58)37(45)59)47-40(62)29(21-23(2)3)50-42(64)36(43(5,6)7)51-41(63)30(22-25-13-11-10-12-24(25)4)49-39(61)28(16-19-33(54)55)48-38(60)27(15-17-31(44)52)46-32(53)18-20-34(56)57/h10-13,23,26-30,36H,8-9,14-22H2,1-7H3,(H2,44,52)(H2,45,59)(H,46,53)(H,47,62)(H,48,60)(H,49,61)(H,50,64)(H,51,63)(H,54,55)(H,56,57)/t26?,27-,28-,29-,30-,36+/m0/s1. The summed E-state index contributed by atoms with van der Waals surface area (Å²) in [5.41, 5.74) is 10.8. The third-order valence-electron chi connectivity index (χ3n) is 9.97. The van der Waals surface area contributed by atoms with Crippen LogP contribution < -0.4 is 43.4 Å². The van der Waals surface area contributed by atoms with E-state index in [1.54, 1.807) is 65.8 Å². The summed E-state index contributed by atoms with van der Waals surface area (Å²) >= 11 is 0. The van der Waals surface area contributed by atoms with E-state index in [9.17, 15) is 57.8 Å². The lowest BCUT2D eigenvalue weighted by atomic mass is 9.85. The van der Waals surface area contributed by atoms with Gasteiger partial charge in [-0.1, -0.05) is 78.6 Å². The average molecular weight is 903 g/mol. The second-order valence-corrected chi connectivity index (χ2v) is 17.1. The summed E-state index contributed by atoms with van der Waals surface area (Å²) in [6.07, 6.45) is -1.79. The first-order valence-electron chi connectivity index (χ1n) is 21.2. The number of rotatable bonds is 29. The Labute approximate surface area is 372 Å². The van der Waals surface area contributed by atoms with Crippen molar-refractivity contribution >= 4 is 65.0 Å². The highest BCUT2D eigenvalue weighted by molar-refractivity contribution is 6.37. The third kappa shape index (κ3) is 20.6. The van der Waals surface area contributed by atoms with E-state index in [0.717, 1.165) is 5.56 Å². The van der Waals surface area contributed by atoms with E-state index in [1.807, 2.05) is 6.92 Å². The number of unbranched alkanes of at least 4 members (excludes halogenated alkanes) is 1. The molecule has 1 rings (SSSR count). The molecule has 0 radical (unpaired) electrons. The van der Waals surface area contributed by atoms with Crippen molar-refractivity contribution in [2.75, 3.05) is 0 Å². The van der Waals surface area contributed by atoms with E-state index in [0.29, 0.717) is 18.4 Å². The fraction of sp³-hybridized carbons (Fsp3) is 0.605. The first kappa shape index (κ1) is 55.6. The molecule has 21 heteroatoms. The van der Waals surface area contributed by atoms with Crippen LogP contribution in [0.3, 0.4) is 0 Å². The second kappa shape index (κ2) is 26.9. The lowest BCUT2D eigenvalue weighted by Crippen LogP contribution is -2.62. The fourth-order valence-electron chi connectivity index (χ4n) is 6.39. The molecule has 0 aliphatic rings. The van der Waals surface area contributed by atoms with Crippen molar-refractivity contribution in [1.29, 1.82) is 0 Å². The van der Waals surface area contributed by atoms with Crippen molar-refractivity contribution in [3.8, 4) is 0 Å². The van der Waals surface area contributed by atoms with Crippen LogP contribution in [0.1, 0.15) is 117 Å². The molecule has 8 amide bonds. The summed E-state index contributed by atoms with van der Waals surface area (Å²) in [5.74, 6) is -11.2. The average Bonchev–Trinajstić information content (AvgIpc) is 3.19. The number of Topliss-reactive ketones (excluding diaryl/α,β-unsaturated/α-hetero) is 1. The van der Waals surface area contributed by atoms with Crippen LogP contribution in [0, 0.1) is 18.3 Å². The second-order valence-electron chi connectivity index (χ2n) is 17.1. The van der Waals surface area contributed by atoms with Gasteiger partial charge in [0, 0.05) is 25.7 Å². The number of carboxylic acid groups (broad SMARTS) is 2. The molecule has 0 aliphatic carbocycles. The van der Waals surface area contributed by atoms with E-state index < -0.39 is 139 Å². The molecular weight excluding hydrogens is 837 g/mol. The van der Waals surface area contributed by atoms with Gasteiger partial charge in [-0.3, -0.25) is 52.7 Å². The van der Waals surface area contributed by atoms with Gasteiger partial charge >= 0.3 is 11.9 Å². The number of nitrogens with one attached hydrogen (secondary N) is 6. The van der Waals surface area contributed by atoms with Gasteiger partial charge in [-0.25, -0.2) is 0 Å². The summed E-state index contributed by atoms with van der Waals surface area (Å²) in [5, 5.41) is 33.6. The third-order valence-corrected chi connectivity index (χ3v) is 9.97. The lowest BCUT2D eigenvalue weighted by molar-refractivity contribution is -0.140. The SMILES string of the molecule is CCCCC(NC(=O)[C@H](CC(C)C)NC(=O)[C@@H](NC(=O)[C@H](Cc1ccccc1C)NC(=O)[C@H](CCC(=O)O)NC(=O)[C@H](CCC(N)=O)NC(=O)CCC(=O)O)C(C)(C)C)C(=O)C(N)=O. The number of benzene rings is 1. The van der Waals surface area contributed by atoms with Crippen LogP contribution in [0.4, 0.5) is 0 Å². The van der Waals surface area contributed by atoms with Gasteiger partial charge in [0.15, 0.2) is 0 Å². The number of hydrogen-bond donors (Lipinski definition) is 10. The summed E-state index contributed by atoms with van der Waals surface area (Å²) in [6.45, 7) is 12.1.